The predicted molar refractivity (Wildman–Crippen MR) is 66.5 cm³/mol. The molecule has 2 saturated heterocycles. The van der Waals surface area contributed by atoms with E-state index in [1.165, 1.54) is 0 Å². The zero-order chi connectivity index (χ0) is 11.8. The van der Waals surface area contributed by atoms with Gasteiger partial charge in [0.05, 0.1) is 10.3 Å². The van der Waals surface area contributed by atoms with E-state index in [1.54, 1.807) is 11.8 Å². The van der Waals surface area contributed by atoms with Crippen molar-refractivity contribution in [3.8, 4) is 0 Å². The number of amides is 1. The fourth-order valence-corrected chi connectivity index (χ4v) is 3.96. The average molecular weight is 243 g/mol. The van der Waals surface area contributed by atoms with E-state index in [2.05, 4.69) is 6.92 Å². The summed E-state index contributed by atoms with van der Waals surface area (Å²) in [5.74, 6) is 1.32. The molecule has 2 aliphatic heterocycles. The largest absolute Gasteiger partial charge is 0.388 e. The molecule has 0 aromatic carbocycles. The van der Waals surface area contributed by atoms with Crippen molar-refractivity contribution in [3.05, 3.63) is 0 Å². The molecular formula is C12H21NO2S. The molecule has 0 spiro atoms. The van der Waals surface area contributed by atoms with Gasteiger partial charge in [0.1, 0.15) is 0 Å². The Balaban J connectivity index is 2.04. The second-order valence-electron chi connectivity index (χ2n) is 5.51. The molecule has 2 rings (SSSR count). The third kappa shape index (κ3) is 2.38. The maximum atomic E-state index is 12.4. The summed E-state index contributed by atoms with van der Waals surface area (Å²) in [5.41, 5.74) is -0.687. The molecule has 0 aromatic heterocycles. The molecule has 2 atom stereocenters. The predicted octanol–water partition coefficient (Wildman–Crippen LogP) is 1.65. The van der Waals surface area contributed by atoms with Crippen molar-refractivity contribution >= 4 is 17.7 Å². The number of aliphatic hydroxyl groups is 1. The molecule has 0 aliphatic carbocycles. The summed E-state index contributed by atoms with van der Waals surface area (Å²) in [7, 11) is 0. The number of likely N-dealkylation sites (tertiary alicyclic amines) is 1. The normalized spacial score (nSPS) is 40.1. The molecule has 2 aliphatic rings. The van der Waals surface area contributed by atoms with Crippen LogP contribution in [0.15, 0.2) is 0 Å². The number of β-amino-alcohol motifs (C(OH)–C–C–N with tert-alkyl or cyclic N) is 1. The molecule has 1 amide bonds. The van der Waals surface area contributed by atoms with Crippen LogP contribution >= 0.6 is 11.8 Å². The molecule has 0 bridgehead atoms. The minimum atomic E-state index is -0.687. The Kier molecular flexibility index (Phi) is 3.23. The monoisotopic (exact) mass is 243 g/mol. The first-order valence-electron chi connectivity index (χ1n) is 6.09. The summed E-state index contributed by atoms with van der Waals surface area (Å²) in [4.78, 5) is 14.3. The van der Waals surface area contributed by atoms with Gasteiger partial charge in [-0.25, -0.2) is 0 Å². The van der Waals surface area contributed by atoms with E-state index in [1.807, 2.05) is 11.8 Å². The Hall–Kier alpha value is -0.220. The van der Waals surface area contributed by atoms with Crippen molar-refractivity contribution in [1.82, 2.24) is 4.90 Å². The Morgan fingerprint density at radius 1 is 1.31 bits per heavy atom. The molecule has 4 heteroatoms. The molecule has 16 heavy (non-hydrogen) atoms. The first-order valence-corrected chi connectivity index (χ1v) is 7.07. The molecule has 2 heterocycles. The summed E-state index contributed by atoms with van der Waals surface area (Å²) >= 11 is 1.77. The van der Waals surface area contributed by atoms with Gasteiger partial charge in [-0.1, -0.05) is 0 Å². The highest BCUT2D eigenvalue weighted by Crippen LogP contribution is 2.40. The van der Waals surface area contributed by atoms with Crippen LogP contribution in [-0.2, 0) is 4.79 Å². The van der Waals surface area contributed by atoms with Crippen molar-refractivity contribution in [2.45, 2.75) is 49.9 Å². The van der Waals surface area contributed by atoms with Crippen LogP contribution in [0.1, 0.15) is 39.5 Å². The van der Waals surface area contributed by atoms with Crippen molar-refractivity contribution in [1.29, 1.82) is 0 Å². The molecular weight excluding hydrogens is 222 g/mol. The lowest BCUT2D eigenvalue weighted by Crippen LogP contribution is -2.53. The van der Waals surface area contributed by atoms with E-state index < -0.39 is 5.60 Å². The fourth-order valence-electron chi connectivity index (χ4n) is 2.68. The summed E-state index contributed by atoms with van der Waals surface area (Å²) in [6, 6.07) is 0. The highest BCUT2D eigenvalue weighted by Gasteiger charge is 2.42. The van der Waals surface area contributed by atoms with E-state index in [4.69, 9.17) is 0 Å². The van der Waals surface area contributed by atoms with Gasteiger partial charge >= 0.3 is 0 Å². The van der Waals surface area contributed by atoms with Crippen LogP contribution in [0.3, 0.4) is 0 Å². The summed E-state index contributed by atoms with van der Waals surface area (Å²) in [6.07, 6.45) is 3.84. The number of carbonyl (C=O) groups is 1. The molecule has 3 nitrogen and oxygen atoms in total. The van der Waals surface area contributed by atoms with E-state index >= 15 is 0 Å². The van der Waals surface area contributed by atoms with Crippen molar-refractivity contribution in [2.75, 3.05) is 18.8 Å². The maximum Gasteiger partial charge on any atom is 0.238 e. The second kappa shape index (κ2) is 4.22. The van der Waals surface area contributed by atoms with Crippen LogP contribution in [-0.4, -0.2) is 45.1 Å². The Morgan fingerprint density at radius 3 is 2.62 bits per heavy atom. The topological polar surface area (TPSA) is 40.5 Å². The molecule has 2 unspecified atom stereocenters. The minimum absolute atomic E-state index is 0.229. The third-order valence-corrected chi connectivity index (χ3v) is 5.14. The number of thioether (sulfide) groups is 1. The van der Waals surface area contributed by atoms with Gasteiger partial charge in [-0.05, 0) is 45.3 Å². The smallest absolute Gasteiger partial charge is 0.238 e. The van der Waals surface area contributed by atoms with Crippen LogP contribution in [0.5, 0.6) is 0 Å². The number of carbonyl (C=O) groups excluding carboxylic acids is 1. The van der Waals surface area contributed by atoms with Crippen molar-refractivity contribution in [3.63, 3.8) is 0 Å². The highest BCUT2D eigenvalue weighted by atomic mass is 32.2. The lowest BCUT2D eigenvalue weighted by molar-refractivity contribution is -0.139. The molecule has 92 valence electrons. The number of nitrogens with zero attached hydrogens (tertiary/aromatic N) is 1. The first-order chi connectivity index (χ1) is 7.43. The van der Waals surface area contributed by atoms with Gasteiger partial charge in [0.15, 0.2) is 0 Å². The maximum absolute atomic E-state index is 12.4. The van der Waals surface area contributed by atoms with Gasteiger partial charge in [-0.2, -0.15) is 0 Å². The van der Waals surface area contributed by atoms with Gasteiger partial charge in [0, 0.05) is 13.1 Å². The zero-order valence-electron chi connectivity index (χ0n) is 10.2. The Labute approximate surface area is 102 Å². The van der Waals surface area contributed by atoms with Crippen LogP contribution in [0.25, 0.3) is 0 Å². The van der Waals surface area contributed by atoms with Gasteiger partial charge in [0.2, 0.25) is 5.91 Å². The average Bonchev–Trinajstić information content (AvgIpc) is 2.64. The van der Waals surface area contributed by atoms with E-state index in [0.717, 1.165) is 38.0 Å². The van der Waals surface area contributed by atoms with Gasteiger partial charge in [-0.15, -0.1) is 11.8 Å². The standard InChI is InChI=1S/C12H21NO2S/c1-11(15)5-3-7-13(9-11)10(14)12(2)6-4-8-16-12/h15H,3-9H2,1-2H3. The third-order valence-electron chi connectivity index (χ3n) is 3.63. The minimum Gasteiger partial charge on any atom is -0.388 e. The summed E-state index contributed by atoms with van der Waals surface area (Å²) in [6.45, 7) is 5.19. The Bertz CT molecular complexity index is 285. The number of hydrogen-bond acceptors (Lipinski definition) is 3. The second-order valence-corrected chi connectivity index (χ2v) is 7.11. The van der Waals surface area contributed by atoms with Gasteiger partial charge < -0.3 is 10.0 Å². The number of rotatable bonds is 1. The van der Waals surface area contributed by atoms with Crippen LogP contribution in [0.4, 0.5) is 0 Å². The van der Waals surface area contributed by atoms with E-state index in [-0.39, 0.29) is 10.7 Å². The van der Waals surface area contributed by atoms with Crippen LogP contribution < -0.4 is 0 Å². The molecule has 1 N–H and O–H groups in total. The quantitative estimate of drug-likeness (QED) is 0.761. The van der Waals surface area contributed by atoms with Crippen LogP contribution in [0.2, 0.25) is 0 Å². The van der Waals surface area contributed by atoms with Crippen molar-refractivity contribution in [2.24, 2.45) is 0 Å². The van der Waals surface area contributed by atoms with E-state index in [0.29, 0.717) is 6.54 Å². The molecule has 0 aromatic rings. The lowest BCUT2D eigenvalue weighted by Gasteiger charge is -2.40. The van der Waals surface area contributed by atoms with Crippen LogP contribution in [0, 0.1) is 0 Å². The zero-order valence-corrected chi connectivity index (χ0v) is 11.0. The lowest BCUT2D eigenvalue weighted by atomic mass is 9.93. The molecule has 2 fully saturated rings. The number of piperidine rings is 1. The molecule has 0 radical (unpaired) electrons. The van der Waals surface area contributed by atoms with Gasteiger partial charge in [-0.3, -0.25) is 4.79 Å². The fraction of sp³-hybridized carbons (Fsp3) is 0.917. The SMILES string of the molecule is CC1(O)CCCN(C(=O)C2(C)CCCS2)C1. The summed E-state index contributed by atoms with van der Waals surface area (Å²) < 4.78 is -0.229. The number of hydrogen-bond donors (Lipinski definition) is 1. The molecule has 0 saturated carbocycles. The van der Waals surface area contributed by atoms with Gasteiger partial charge in [0.25, 0.3) is 0 Å². The highest BCUT2D eigenvalue weighted by molar-refractivity contribution is 8.01. The van der Waals surface area contributed by atoms with E-state index in [9.17, 15) is 9.90 Å². The summed E-state index contributed by atoms with van der Waals surface area (Å²) in [5, 5.41) is 10.0. The van der Waals surface area contributed by atoms with Crippen molar-refractivity contribution < 1.29 is 9.90 Å². The first kappa shape index (κ1) is 12.2. The Morgan fingerprint density at radius 2 is 2.06 bits per heavy atom.